The van der Waals surface area contributed by atoms with Gasteiger partial charge >= 0.3 is 0 Å². The van der Waals surface area contributed by atoms with Gasteiger partial charge in [0.05, 0.1) is 0 Å². The summed E-state index contributed by atoms with van der Waals surface area (Å²) in [5.41, 5.74) is 1.78. The number of hydrogen-bond donors (Lipinski definition) is 0. The summed E-state index contributed by atoms with van der Waals surface area (Å²) < 4.78 is 5.20. The van der Waals surface area contributed by atoms with Crippen molar-refractivity contribution in [2.75, 3.05) is 13.2 Å². The molecule has 0 atom stereocenters. The second-order valence-corrected chi connectivity index (χ2v) is 3.29. The Bertz CT molecular complexity index is 305. The van der Waals surface area contributed by atoms with Crippen molar-refractivity contribution in [3.63, 3.8) is 0 Å². The number of rotatable bonds is 5. The van der Waals surface area contributed by atoms with Gasteiger partial charge in [0.1, 0.15) is 6.61 Å². The van der Waals surface area contributed by atoms with Gasteiger partial charge in [-0.25, -0.2) is 0 Å². The maximum absolute atomic E-state index is 11.6. The number of benzene rings is 1. The van der Waals surface area contributed by atoms with Crippen molar-refractivity contribution in [1.82, 2.24) is 0 Å². The summed E-state index contributed by atoms with van der Waals surface area (Å²) in [7, 11) is 0. The lowest BCUT2D eigenvalue weighted by atomic mass is 10.1. The minimum absolute atomic E-state index is 0.0663. The van der Waals surface area contributed by atoms with E-state index in [1.165, 1.54) is 0 Å². The van der Waals surface area contributed by atoms with Crippen LogP contribution in [0.1, 0.15) is 29.3 Å². The molecule has 0 fully saturated rings. The quantitative estimate of drug-likeness (QED) is 0.529. The Morgan fingerprint density at radius 1 is 1.36 bits per heavy atom. The van der Waals surface area contributed by atoms with Crippen LogP contribution in [0.5, 0.6) is 0 Å². The van der Waals surface area contributed by atoms with Gasteiger partial charge in [0.15, 0.2) is 5.78 Å². The third-order valence-corrected chi connectivity index (χ3v) is 2.03. The Hall–Kier alpha value is -1.15. The zero-order valence-corrected chi connectivity index (χ0v) is 8.75. The number of ether oxygens (including phenoxy) is 1. The number of carbonyl (C=O) groups excluding carboxylic acids is 1. The second kappa shape index (κ2) is 5.55. The lowest BCUT2D eigenvalue weighted by Crippen LogP contribution is -2.10. The van der Waals surface area contributed by atoms with Gasteiger partial charge in [-0.1, -0.05) is 31.2 Å². The first-order valence-electron chi connectivity index (χ1n) is 4.92. The third-order valence-electron chi connectivity index (χ3n) is 2.03. The molecule has 0 bridgehead atoms. The smallest absolute Gasteiger partial charge is 0.188 e. The van der Waals surface area contributed by atoms with Crippen molar-refractivity contribution in [2.45, 2.75) is 20.3 Å². The van der Waals surface area contributed by atoms with E-state index in [1.807, 2.05) is 38.1 Å². The fraction of sp³-hybridized carbons (Fsp3) is 0.417. The number of ketones is 1. The molecule has 1 aromatic carbocycles. The molecule has 1 aromatic rings. The monoisotopic (exact) mass is 192 g/mol. The second-order valence-electron chi connectivity index (χ2n) is 3.29. The molecule has 0 saturated carbocycles. The van der Waals surface area contributed by atoms with E-state index in [-0.39, 0.29) is 12.4 Å². The number of hydrogen-bond acceptors (Lipinski definition) is 2. The predicted molar refractivity (Wildman–Crippen MR) is 56.6 cm³/mol. The number of aryl methyl sites for hydroxylation is 1. The van der Waals surface area contributed by atoms with Crippen LogP contribution < -0.4 is 0 Å². The maximum Gasteiger partial charge on any atom is 0.188 e. The third kappa shape index (κ3) is 2.96. The summed E-state index contributed by atoms with van der Waals surface area (Å²) >= 11 is 0. The lowest BCUT2D eigenvalue weighted by molar-refractivity contribution is 0.0761. The molecule has 0 spiro atoms. The Morgan fingerprint density at radius 2 is 2.07 bits per heavy atom. The van der Waals surface area contributed by atoms with Crippen molar-refractivity contribution in [3.05, 3.63) is 35.4 Å². The van der Waals surface area contributed by atoms with Crippen LogP contribution in [0.4, 0.5) is 0 Å². The lowest BCUT2D eigenvalue weighted by Gasteiger charge is -2.04. The highest BCUT2D eigenvalue weighted by Gasteiger charge is 2.07. The standard InChI is InChI=1S/C12H16O2/c1-3-8-14-9-12(13)11-7-5-4-6-10(11)2/h4-7H,3,8-9H2,1-2H3. The highest BCUT2D eigenvalue weighted by atomic mass is 16.5. The van der Waals surface area contributed by atoms with Crippen LogP contribution in [-0.2, 0) is 4.74 Å². The molecule has 0 aromatic heterocycles. The Labute approximate surface area is 84.9 Å². The van der Waals surface area contributed by atoms with E-state index in [9.17, 15) is 4.79 Å². The molecule has 76 valence electrons. The average molecular weight is 192 g/mol. The highest BCUT2D eigenvalue weighted by Crippen LogP contribution is 2.07. The molecule has 0 amide bonds. The topological polar surface area (TPSA) is 26.3 Å². The maximum atomic E-state index is 11.6. The summed E-state index contributed by atoms with van der Waals surface area (Å²) in [5.74, 6) is 0.0663. The molecule has 0 aliphatic carbocycles. The molecular weight excluding hydrogens is 176 g/mol. The van der Waals surface area contributed by atoms with Crippen molar-refractivity contribution in [1.29, 1.82) is 0 Å². The first-order chi connectivity index (χ1) is 6.75. The summed E-state index contributed by atoms with van der Waals surface area (Å²) in [6.07, 6.45) is 0.945. The molecule has 0 aliphatic rings. The summed E-state index contributed by atoms with van der Waals surface area (Å²) in [4.78, 5) is 11.6. The zero-order valence-electron chi connectivity index (χ0n) is 8.75. The summed E-state index contributed by atoms with van der Waals surface area (Å²) in [5, 5.41) is 0. The molecule has 0 N–H and O–H groups in total. The van der Waals surface area contributed by atoms with E-state index in [0.717, 1.165) is 17.5 Å². The SMILES string of the molecule is CCCOCC(=O)c1ccccc1C. The molecule has 1 rings (SSSR count). The first-order valence-corrected chi connectivity index (χ1v) is 4.92. The minimum atomic E-state index is 0.0663. The minimum Gasteiger partial charge on any atom is -0.373 e. The van der Waals surface area contributed by atoms with E-state index in [0.29, 0.717) is 6.61 Å². The van der Waals surface area contributed by atoms with Gasteiger partial charge in [-0.3, -0.25) is 4.79 Å². The van der Waals surface area contributed by atoms with Gasteiger partial charge in [-0.05, 0) is 18.9 Å². The Morgan fingerprint density at radius 3 is 2.71 bits per heavy atom. The van der Waals surface area contributed by atoms with Crippen LogP contribution >= 0.6 is 0 Å². The highest BCUT2D eigenvalue weighted by molar-refractivity contribution is 5.98. The van der Waals surface area contributed by atoms with Gasteiger partial charge in [-0.15, -0.1) is 0 Å². The molecular formula is C12H16O2. The molecule has 2 heteroatoms. The average Bonchev–Trinajstić information content (AvgIpc) is 2.18. The number of carbonyl (C=O) groups is 1. The van der Waals surface area contributed by atoms with Crippen LogP contribution in [0.15, 0.2) is 24.3 Å². The van der Waals surface area contributed by atoms with Crippen LogP contribution in [0, 0.1) is 6.92 Å². The van der Waals surface area contributed by atoms with Gasteiger partial charge in [0.2, 0.25) is 0 Å². The Balaban J connectivity index is 2.56. The molecule has 0 aliphatic heterocycles. The molecule has 0 radical (unpaired) electrons. The molecule has 0 unspecified atom stereocenters. The number of Topliss-reactive ketones (excluding diaryl/α,β-unsaturated/α-hetero) is 1. The summed E-state index contributed by atoms with van der Waals surface area (Å²) in [6, 6.07) is 7.58. The van der Waals surface area contributed by atoms with Gasteiger partial charge in [-0.2, -0.15) is 0 Å². The van der Waals surface area contributed by atoms with Gasteiger partial charge < -0.3 is 4.74 Å². The van der Waals surface area contributed by atoms with Crippen molar-refractivity contribution in [2.24, 2.45) is 0 Å². The van der Waals surface area contributed by atoms with Gasteiger partial charge in [0.25, 0.3) is 0 Å². The van der Waals surface area contributed by atoms with Crippen molar-refractivity contribution < 1.29 is 9.53 Å². The molecule has 2 nitrogen and oxygen atoms in total. The fourth-order valence-corrected chi connectivity index (χ4v) is 1.27. The first kappa shape index (κ1) is 10.9. The van der Waals surface area contributed by atoms with E-state index in [2.05, 4.69) is 0 Å². The molecule has 0 heterocycles. The van der Waals surface area contributed by atoms with E-state index < -0.39 is 0 Å². The van der Waals surface area contributed by atoms with E-state index in [1.54, 1.807) is 0 Å². The zero-order chi connectivity index (χ0) is 10.4. The fourth-order valence-electron chi connectivity index (χ4n) is 1.27. The predicted octanol–water partition coefficient (Wildman–Crippen LogP) is 2.60. The molecule has 14 heavy (non-hydrogen) atoms. The van der Waals surface area contributed by atoms with E-state index >= 15 is 0 Å². The van der Waals surface area contributed by atoms with Crippen LogP contribution in [0.25, 0.3) is 0 Å². The van der Waals surface area contributed by atoms with Crippen LogP contribution in [0.3, 0.4) is 0 Å². The van der Waals surface area contributed by atoms with Crippen molar-refractivity contribution >= 4 is 5.78 Å². The summed E-state index contributed by atoms with van der Waals surface area (Å²) in [6.45, 7) is 4.81. The largest absolute Gasteiger partial charge is 0.373 e. The van der Waals surface area contributed by atoms with E-state index in [4.69, 9.17) is 4.74 Å². The Kier molecular flexibility index (Phi) is 4.33. The molecule has 0 saturated heterocycles. The van der Waals surface area contributed by atoms with Gasteiger partial charge in [0, 0.05) is 12.2 Å². The van der Waals surface area contributed by atoms with Crippen molar-refractivity contribution in [3.8, 4) is 0 Å². The van der Waals surface area contributed by atoms with Crippen LogP contribution in [-0.4, -0.2) is 19.0 Å². The normalized spacial score (nSPS) is 10.1. The van der Waals surface area contributed by atoms with Crippen LogP contribution in [0.2, 0.25) is 0 Å².